The molecule has 16 heteroatoms. The highest BCUT2D eigenvalue weighted by molar-refractivity contribution is 5.67. The second-order valence-corrected chi connectivity index (χ2v) is 18.9. The fourth-order valence-corrected chi connectivity index (χ4v) is 8.63. The van der Waals surface area contributed by atoms with Crippen molar-refractivity contribution in [3.05, 3.63) is 0 Å². The third-order valence-electron chi connectivity index (χ3n) is 12.7. The Hall–Kier alpha value is -1.86. The SMILES string of the molecule is CC(C)(C)C1CCC2(CC1)OOC1(CCC(OC(=O)NCCOCCOCCNC(=O)OC3CCC4(CC3)OOC3(CCC(C(C)(C)C)CC3)OO4)CC1)OO2. The van der Waals surface area contributed by atoms with Gasteiger partial charge in [0.15, 0.2) is 0 Å². The third-order valence-corrected chi connectivity index (χ3v) is 12.7. The third kappa shape index (κ3) is 11.9. The molecule has 2 amide bonds. The zero-order valence-corrected chi connectivity index (χ0v) is 34.6. The number of amides is 2. The van der Waals surface area contributed by atoms with Gasteiger partial charge in [0.05, 0.1) is 26.4 Å². The number of nitrogens with one attached hydrogen (secondary N) is 2. The molecule has 0 bridgehead atoms. The van der Waals surface area contributed by atoms with Crippen LogP contribution in [0.25, 0.3) is 0 Å². The van der Waals surface area contributed by atoms with Gasteiger partial charge in [-0.05, 0) is 74.0 Å². The van der Waals surface area contributed by atoms with E-state index in [1.165, 1.54) is 0 Å². The van der Waals surface area contributed by atoms with Crippen LogP contribution in [0, 0.1) is 22.7 Å². The molecule has 0 aromatic carbocycles. The summed E-state index contributed by atoms with van der Waals surface area (Å²) in [5, 5.41) is 5.44. The van der Waals surface area contributed by atoms with E-state index in [2.05, 4.69) is 52.2 Å². The number of hydrogen-bond donors (Lipinski definition) is 2. The monoisotopic (exact) mass is 800 g/mol. The van der Waals surface area contributed by atoms with Gasteiger partial charge < -0.3 is 29.6 Å². The molecular formula is C40H68N2O14. The molecule has 4 saturated carbocycles. The maximum Gasteiger partial charge on any atom is 0.407 e. The first-order chi connectivity index (χ1) is 26.6. The molecule has 2 saturated heterocycles. The molecule has 56 heavy (non-hydrogen) atoms. The van der Waals surface area contributed by atoms with Crippen molar-refractivity contribution in [3.8, 4) is 0 Å². The van der Waals surface area contributed by atoms with Gasteiger partial charge >= 0.3 is 12.2 Å². The normalized spacial score (nSPS) is 36.8. The van der Waals surface area contributed by atoms with Crippen molar-refractivity contribution in [1.82, 2.24) is 10.6 Å². The number of hydrogen-bond acceptors (Lipinski definition) is 14. The van der Waals surface area contributed by atoms with Crippen molar-refractivity contribution in [2.75, 3.05) is 39.5 Å². The fraction of sp³-hybridized carbons (Fsp3) is 0.950. The van der Waals surface area contributed by atoms with Crippen LogP contribution in [0.1, 0.15) is 144 Å². The number of carbonyl (C=O) groups excluding carboxylic acids is 2. The molecule has 6 rings (SSSR count). The van der Waals surface area contributed by atoms with Crippen LogP contribution >= 0.6 is 0 Å². The summed E-state index contributed by atoms with van der Waals surface area (Å²) in [4.78, 5) is 71.3. The van der Waals surface area contributed by atoms with Gasteiger partial charge in [-0.15, -0.1) is 0 Å². The Morgan fingerprint density at radius 2 is 0.732 bits per heavy atom. The van der Waals surface area contributed by atoms with Crippen molar-refractivity contribution < 1.29 is 67.6 Å². The summed E-state index contributed by atoms with van der Waals surface area (Å²) in [5.41, 5.74) is 0.499. The van der Waals surface area contributed by atoms with Crippen LogP contribution < -0.4 is 10.6 Å². The zero-order chi connectivity index (χ0) is 39.9. The minimum absolute atomic E-state index is 0.250. The first-order valence-corrected chi connectivity index (χ1v) is 21.1. The van der Waals surface area contributed by atoms with Crippen molar-refractivity contribution in [2.45, 2.75) is 180 Å². The molecule has 6 fully saturated rings. The fourth-order valence-electron chi connectivity index (χ4n) is 8.63. The van der Waals surface area contributed by atoms with Crippen LogP contribution in [-0.2, 0) is 58.0 Å². The lowest BCUT2D eigenvalue weighted by Crippen LogP contribution is -2.54. The number of rotatable bonds is 11. The second kappa shape index (κ2) is 18.6. The average molecular weight is 801 g/mol. The van der Waals surface area contributed by atoms with E-state index in [-0.39, 0.29) is 23.0 Å². The maximum atomic E-state index is 12.3. The molecule has 2 N–H and O–H groups in total. The smallest absolute Gasteiger partial charge is 0.407 e. The lowest BCUT2D eigenvalue weighted by atomic mass is 9.71. The van der Waals surface area contributed by atoms with Gasteiger partial charge in [0.25, 0.3) is 0 Å². The minimum Gasteiger partial charge on any atom is -0.446 e. The standard InChI is InChI=1S/C40H68N2O14/c1-35(2,3)29-7-15-37(16-8-29)49-53-39(54-50-37)19-11-31(12-20-39)47-33(43)41-23-25-45-27-28-46-26-24-42-34(44)48-32-13-21-40(22-14-32)55-51-38(52-56-40)17-9-30(10-18-38)36(4,5)6/h29-32H,7-28H2,1-6H3,(H,41,43)(H,42,44). The molecule has 2 aliphatic heterocycles. The molecule has 0 unspecified atom stereocenters. The Morgan fingerprint density at radius 3 is 1.00 bits per heavy atom. The minimum atomic E-state index is -0.972. The summed E-state index contributed by atoms with van der Waals surface area (Å²) in [6.07, 6.45) is 9.61. The van der Waals surface area contributed by atoms with E-state index < -0.39 is 35.3 Å². The van der Waals surface area contributed by atoms with Gasteiger partial charge in [-0.2, -0.15) is 39.1 Å². The van der Waals surface area contributed by atoms with Gasteiger partial charge in [-0.25, -0.2) is 9.59 Å². The molecular weight excluding hydrogens is 732 g/mol. The molecule has 322 valence electrons. The van der Waals surface area contributed by atoms with E-state index in [0.29, 0.717) is 103 Å². The molecule has 0 aromatic heterocycles. The number of ether oxygens (including phenoxy) is 4. The van der Waals surface area contributed by atoms with Gasteiger partial charge in [0.1, 0.15) is 12.2 Å². The lowest BCUT2D eigenvalue weighted by Gasteiger charge is -2.48. The highest BCUT2D eigenvalue weighted by Crippen LogP contribution is 2.50. The Balaban J connectivity index is 0.721. The highest BCUT2D eigenvalue weighted by atomic mass is 17.4. The molecule has 4 aliphatic carbocycles. The van der Waals surface area contributed by atoms with E-state index >= 15 is 0 Å². The average Bonchev–Trinajstić information content (AvgIpc) is 3.17. The summed E-state index contributed by atoms with van der Waals surface area (Å²) in [5.74, 6) is -2.41. The van der Waals surface area contributed by atoms with Crippen molar-refractivity contribution in [2.24, 2.45) is 22.7 Å². The molecule has 0 atom stereocenters. The van der Waals surface area contributed by atoms with Gasteiger partial charge in [0, 0.05) is 64.5 Å². The highest BCUT2D eigenvalue weighted by Gasteiger charge is 2.54. The predicted octanol–water partition coefficient (Wildman–Crippen LogP) is 7.44. The maximum absolute atomic E-state index is 12.3. The summed E-state index contributed by atoms with van der Waals surface area (Å²) in [7, 11) is 0. The van der Waals surface area contributed by atoms with Crippen molar-refractivity contribution >= 4 is 12.2 Å². The quantitative estimate of drug-likeness (QED) is 0.156. The summed E-state index contributed by atoms with van der Waals surface area (Å²) in [6.45, 7) is 15.5. The topological polar surface area (TPSA) is 169 Å². The van der Waals surface area contributed by atoms with E-state index in [0.717, 1.165) is 51.4 Å². The molecule has 16 nitrogen and oxygen atoms in total. The molecule has 4 spiro atoms. The van der Waals surface area contributed by atoms with Crippen molar-refractivity contribution in [3.63, 3.8) is 0 Å². The van der Waals surface area contributed by atoms with Crippen LogP contribution in [0.3, 0.4) is 0 Å². The van der Waals surface area contributed by atoms with E-state index in [9.17, 15) is 9.59 Å². The second-order valence-electron chi connectivity index (χ2n) is 18.9. The molecule has 0 aromatic rings. The Labute approximate surface area is 331 Å². The molecule has 6 aliphatic rings. The van der Waals surface area contributed by atoms with Crippen LogP contribution in [0.5, 0.6) is 0 Å². The van der Waals surface area contributed by atoms with Gasteiger partial charge in [-0.3, -0.25) is 0 Å². The molecule has 2 heterocycles. The summed E-state index contributed by atoms with van der Waals surface area (Å²) < 4.78 is 22.2. The van der Waals surface area contributed by atoms with Crippen molar-refractivity contribution in [1.29, 1.82) is 0 Å². The number of alkyl carbamates (subject to hydrolysis) is 2. The Kier molecular flexibility index (Phi) is 14.5. The molecule has 0 radical (unpaired) electrons. The first-order valence-electron chi connectivity index (χ1n) is 21.1. The van der Waals surface area contributed by atoms with Gasteiger partial charge in [-0.1, -0.05) is 41.5 Å². The van der Waals surface area contributed by atoms with E-state index in [4.69, 9.17) is 58.0 Å². The van der Waals surface area contributed by atoms with E-state index in [1.807, 2.05) is 0 Å². The largest absolute Gasteiger partial charge is 0.446 e. The predicted molar refractivity (Wildman–Crippen MR) is 198 cm³/mol. The van der Waals surface area contributed by atoms with Crippen LogP contribution in [0.2, 0.25) is 0 Å². The summed E-state index contributed by atoms with van der Waals surface area (Å²) in [6, 6.07) is 0. The van der Waals surface area contributed by atoms with E-state index in [1.54, 1.807) is 0 Å². The summed E-state index contributed by atoms with van der Waals surface area (Å²) >= 11 is 0. The van der Waals surface area contributed by atoms with Crippen LogP contribution in [0.15, 0.2) is 0 Å². The zero-order valence-electron chi connectivity index (χ0n) is 34.6. The Bertz CT molecular complexity index is 1130. The lowest BCUT2D eigenvalue weighted by molar-refractivity contribution is -0.663. The number of carbonyl (C=O) groups is 2. The van der Waals surface area contributed by atoms with Crippen LogP contribution in [-0.4, -0.2) is 87.1 Å². The Morgan fingerprint density at radius 1 is 0.464 bits per heavy atom. The first kappa shape index (κ1) is 43.7. The van der Waals surface area contributed by atoms with Gasteiger partial charge in [0.2, 0.25) is 23.1 Å². The van der Waals surface area contributed by atoms with Crippen LogP contribution in [0.4, 0.5) is 9.59 Å².